The molecule has 1 heterocycles. The molecule has 2 aromatic carbocycles. The average Bonchev–Trinajstić information content (AvgIpc) is 3.01. The number of thiazole rings is 1. The number of halogens is 3. The molecule has 10 heteroatoms. The van der Waals surface area contributed by atoms with Crippen molar-refractivity contribution in [2.24, 2.45) is 4.99 Å². The summed E-state index contributed by atoms with van der Waals surface area (Å²) in [6.45, 7) is 0.0696. The summed E-state index contributed by atoms with van der Waals surface area (Å²) in [6.07, 6.45) is -4.86. The predicted molar refractivity (Wildman–Crippen MR) is 96.8 cm³/mol. The Hall–Kier alpha value is -3.14. The van der Waals surface area contributed by atoms with Gasteiger partial charge in [0, 0.05) is 11.1 Å². The zero-order valence-corrected chi connectivity index (χ0v) is 15.0. The molecule has 0 bridgehead atoms. The third-order valence-corrected chi connectivity index (χ3v) is 4.86. The van der Waals surface area contributed by atoms with Gasteiger partial charge in [0.2, 0.25) is 0 Å². The van der Waals surface area contributed by atoms with Crippen LogP contribution in [0.5, 0.6) is 0 Å². The van der Waals surface area contributed by atoms with Crippen LogP contribution in [0.25, 0.3) is 10.8 Å². The third-order valence-electron chi connectivity index (χ3n) is 3.84. The van der Waals surface area contributed by atoms with Crippen molar-refractivity contribution in [3.8, 4) is 0 Å². The van der Waals surface area contributed by atoms with Crippen LogP contribution in [0.15, 0.2) is 53.7 Å². The monoisotopic (exact) mass is 409 g/mol. The molecule has 0 aliphatic heterocycles. The second-order valence-corrected chi connectivity index (χ2v) is 6.91. The topological polar surface area (TPSA) is 83.7 Å². The third kappa shape index (κ3) is 4.58. The minimum atomic E-state index is -5.08. The first-order valence-corrected chi connectivity index (χ1v) is 8.84. The van der Waals surface area contributed by atoms with E-state index >= 15 is 0 Å². The van der Waals surface area contributed by atoms with E-state index in [1.807, 2.05) is 42.5 Å². The summed E-state index contributed by atoms with van der Waals surface area (Å²) in [6, 6.07) is 13.1. The molecule has 146 valence electrons. The zero-order chi connectivity index (χ0) is 20.3. The molecule has 0 aliphatic rings. The number of carbonyl (C=O) groups is 2. The van der Waals surface area contributed by atoms with Gasteiger partial charge in [-0.2, -0.15) is 18.2 Å². The van der Waals surface area contributed by atoms with Crippen LogP contribution in [0.2, 0.25) is 0 Å². The van der Waals surface area contributed by atoms with Crippen LogP contribution in [-0.2, 0) is 17.9 Å². The molecule has 0 fully saturated rings. The van der Waals surface area contributed by atoms with Gasteiger partial charge in [-0.3, -0.25) is 4.79 Å². The van der Waals surface area contributed by atoms with Crippen molar-refractivity contribution >= 4 is 34.1 Å². The van der Waals surface area contributed by atoms with E-state index in [1.165, 1.54) is 10.8 Å². The van der Waals surface area contributed by atoms with Crippen molar-refractivity contribution in [1.82, 2.24) is 9.88 Å². The van der Waals surface area contributed by atoms with Gasteiger partial charge in [-0.15, -0.1) is 0 Å². The lowest BCUT2D eigenvalue weighted by Crippen LogP contribution is -2.25. The minimum absolute atomic E-state index is 0.106. The highest BCUT2D eigenvalue weighted by atomic mass is 32.1. The number of hydrogen-bond acceptors (Lipinski definition) is 3. The molecular formula is C18H14F3N3O3S. The Labute approximate surface area is 160 Å². The first-order valence-electron chi connectivity index (χ1n) is 8.02. The number of nitrogens with zero attached hydrogens (tertiary/aromatic N) is 2. The van der Waals surface area contributed by atoms with E-state index in [2.05, 4.69) is 10.3 Å². The van der Waals surface area contributed by atoms with Gasteiger partial charge in [-0.25, -0.2) is 4.79 Å². The molecular weight excluding hydrogens is 395 g/mol. The van der Waals surface area contributed by atoms with Crippen LogP contribution in [0.4, 0.5) is 18.0 Å². The zero-order valence-electron chi connectivity index (χ0n) is 14.2. The fourth-order valence-electron chi connectivity index (χ4n) is 2.64. The van der Waals surface area contributed by atoms with Gasteiger partial charge in [0.05, 0.1) is 13.1 Å². The Bertz CT molecular complexity index is 1100. The van der Waals surface area contributed by atoms with Crippen molar-refractivity contribution in [3.63, 3.8) is 0 Å². The Morgan fingerprint density at radius 3 is 2.57 bits per heavy atom. The summed E-state index contributed by atoms with van der Waals surface area (Å²) in [5.74, 6) is -2.21. The number of carbonyl (C=O) groups excluding carboxylic acids is 1. The fourth-order valence-corrected chi connectivity index (χ4v) is 3.56. The molecule has 1 aromatic heterocycles. The Morgan fingerprint density at radius 2 is 1.86 bits per heavy atom. The van der Waals surface area contributed by atoms with Crippen molar-refractivity contribution in [1.29, 1.82) is 0 Å². The second kappa shape index (κ2) is 7.85. The lowest BCUT2D eigenvalue weighted by molar-refractivity contribution is -0.169. The van der Waals surface area contributed by atoms with Crippen LogP contribution in [0.3, 0.4) is 0 Å². The van der Waals surface area contributed by atoms with Crippen molar-refractivity contribution < 1.29 is 27.9 Å². The molecule has 6 nitrogen and oxygen atoms in total. The molecule has 0 saturated heterocycles. The Morgan fingerprint density at radius 1 is 1.14 bits per heavy atom. The molecule has 0 saturated carbocycles. The summed E-state index contributed by atoms with van der Waals surface area (Å²) in [7, 11) is 0. The summed E-state index contributed by atoms with van der Waals surface area (Å²) in [4.78, 5) is 25.5. The Balaban J connectivity index is 2.03. The van der Waals surface area contributed by atoms with Gasteiger partial charge in [0.1, 0.15) is 0 Å². The summed E-state index contributed by atoms with van der Waals surface area (Å²) < 4.78 is 39.3. The highest BCUT2D eigenvalue weighted by molar-refractivity contribution is 7.09. The SMILES string of the molecule is O=C(O)NCc1cn(Cc2cccc3ccccc23)/c(=N/C(=O)C(F)(F)F)s1. The average molecular weight is 409 g/mol. The van der Waals surface area contributed by atoms with Crippen LogP contribution >= 0.6 is 11.3 Å². The largest absolute Gasteiger partial charge is 0.473 e. The number of benzene rings is 2. The number of rotatable bonds is 4. The first kappa shape index (κ1) is 19.6. The van der Waals surface area contributed by atoms with E-state index < -0.39 is 18.2 Å². The number of nitrogens with one attached hydrogen (secondary N) is 1. The number of amides is 2. The standard InChI is InChI=1S/C18H14F3N3O3S/c19-18(20,21)15(25)23-16-24(10-13(28-16)8-22-17(26)27)9-12-6-3-5-11-4-1-2-7-14(11)12/h1-7,10,22H,8-9H2,(H,26,27)/b23-16-. The lowest BCUT2D eigenvalue weighted by Gasteiger charge is -2.08. The van der Waals surface area contributed by atoms with Gasteiger partial charge in [0.15, 0.2) is 4.80 Å². The molecule has 3 rings (SSSR count). The van der Waals surface area contributed by atoms with Crippen molar-refractivity contribution in [2.45, 2.75) is 19.3 Å². The number of alkyl halides is 3. The quantitative estimate of drug-likeness (QED) is 0.692. The van der Waals surface area contributed by atoms with E-state index in [0.29, 0.717) is 4.88 Å². The minimum Gasteiger partial charge on any atom is -0.465 e. The number of aromatic nitrogens is 1. The fraction of sp³-hybridized carbons (Fsp3) is 0.167. The molecule has 0 radical (unpaired) electrons. The molecule has 2 N–H and O–H groups in total. The second-order valence-electron chi connectivity index (χ2n) is 5.82. The lowest BCUT2D eigenvalue weighted by atomic mass is 10.0. The molecule has 0 spiro atoms. The van der Waals surface area contributed by atoms with Gasteiger partial charge in [-0.05, 0) is 16.3 Å². The number of fused-ring (bicyclic) bond motifs is 1. The van der Waals surface area contributed by atoms with Crippen molar-refractivity contribution in [2.75, 3.05) is 0 Å². The van der Waals surface area contributed by atoms with E-state index in [1.54, 1.807) is 0 Å². The van der Waals surface area contributed by atoms with Gasteiger partial charge < -0.3 is 15.0 Å². The predicted octanol–water partition coefficient (Wildman–Crippen LogP) is 3.51. The molecule has 0 unspecified atom stereocenters. The van der Waals surface area contributed by atoms with Gasteiger partial charge in [-0.1, -0.05) is 53.8 Å². The summed E-state index contributed by atoms with van der Waals surface area (Å²) >= 11 is 0.820. The Kier molecular flexibility index (Phi) is 5.50. The number of carboxylic acid groups (broad SMARTS) is 1. The van der Waals surface area contributed by atoms with E-state index in [9.17, 15) is 22.8 Å². The van der Waals surface area contributed by atoms with Gasteiger partial charge >= 0.3 is 18.2 Å². The molecule has 2 amide bonds. The maximum absolute atomic E-state index is 12.6. The smallest absolute Gasteiger partial charge is 0.465 e. The van der Waals surface area contributed by atoms with E-state index in [4.69, 9.17) is 5.11 Å². The molecule has 28 heavy (non-hydrogen) atoms. The maximum Gasteiger partial charge on any atom is 0.473 e. The van der Waals surface area contributed by atoms with E-state index in [0.717, 1.165) is 27.7 Å². The summed E-state index contributed by atoms with van der Waals surface area (Å²) in [5, 5.41) is 12.7. The summed E-state index contributed by atoms with van der Waals surface area (Å²) in [5.41, 5.74) is 0.828. The normalized spacial score (nSPS) is 12.3. The van der Waals surface area contributed by atoms with Crippen molar-refractivity contribution in [3.05, 3.63) is 63.9 Å². The highest BCUT2D eigenvalue weighted by Gasteiger charge is 2.38. The van der Waals surface area contributed by atoms with Crippen LogP contribution < -0.4 is 10.1 Å². The highest BCUT2D eigenvalue weighted by Crippen LogP contribution is 2.20. The van der Waals surface area contributed by atoms with Crippen LogP contribution in [-0.4, -0.2) is 27.9 Å². The van der Waals surface area contributed by atoms with Crippen LogP contribution in [0.1, 0.15) is 10.4 Å². The van der Waals surface area contributed by atoms with Gasteiger partial charge in [0.25, 0.3) is 0 Å². The first-order chi connectivity index (χ1) is 13.2. The van der Waals surface area contributed by atoms with Crippen LogP contribution in [0, 0.1) is 0 Å². The molecule has 0 aliphatic carbocycles. The molecule has 3 aromatic rings. The van der Waals surface area contributed by atoms with E-state index in [-0.39, 0.29) is 17.9 Å². The molecule has 0 atom stereocenters. The maximum atomic E-state index is 12.6. The number of hydrogen-bond donors (Lipinski definition) is 2.